The van der Waals surface area contributed by atoms with Gasteiger partial charge in [0.25, 0.3) is 0 Å². The van der Waals surface area contributed by atoms with Gasteiger partial charge in [0.05, 0.1) is 12.2 Å². The van der Waals surface area contributed by atoms with E-state index in [2.05, 4.69) is 32.7 Å². The molecule has 3 nitrogen and oxygen atoms in total. The Morgan fingerprint density at radius 3 is 2.29 bits per heavy atom. The quantitative estimate of drug-likeness (QED) is 0.727. The zero-order chi connectivity index (χ0) is 12.9. The molecule has 1 heterocycles. The van der Waals surface area contributed by atoms with Crippen molar-refractivity contribution < 1.29 is 4.74 Å². The first-order valence-corrected chi connectivity index (χ1v) is 7.11. The third-order valence-electron chi connectivity index (χ3n) is 4.09. The van der Waals surface area contributed by atoms with E-state index in [0.29, 0.717) is 12.2 Å². The van der Waals surface area contributed by atoms with Crippen LogP contribution in [0.15, 0.2) is 0 Å². The molecular formula is C14H30N2O. The number of unbranched alkanes of at least 4 members (excludes halogenated alkanes) is 2. The Morgan fingerprint density at radius 2 is 1.82 bits per heavy atom. The molecule has 1 aliphatic heterocycles. The van der Waals surface area contributed by atoms with Crippen molar-refractivity contribution in [3.63, 3.8) is 0 Å². The summed E-state index contributed by atoms with van der Waals surface area (Å²) >= 11 is 0. The molecule has 0 aromatic heterocycles. The van der Waals surface area contributed by atoms with E-state index < -0.39 is 0 Å². The second-order valence-electron chi connectivity index (χ2n) is 5.72. The highest BCUT2D eigenvalue weighted by Crippen LogP contribution is 2.32. The van der Waals surface area contributed by atoms with Crippen LogP contribution in [0.3, 0.4) is 0 Å². The van der Waals surface area contributed by atoms with E-state index in [-0.39, 0.29) is 5.54 Å². The lowest BCUT2D eigenvalue weighted by Gasteiger charge is -2.48. The van der Waals surface area contributed by atoms with Crippen LogP contribution in [0.2, 0.25) is 0 Å². The van der Waals surface area contributed by atoms with Crippen molar-refractivity contribution in [3.05, 3.63) is 0 Å². The summed E-state index contributed by atoms with van der Waals surface area (Å²) in [4.78, 5) is 2.48. The highest BCUT2D eigenvalue weighted by atomic mass is 16.5. The van der Waals surface area contributed by atoms with E-state index in [1.54, 1.807) is 0 Å². The molecule has 1 aliphatic rings. The third-order valence-corrected chi connectivity index (χ3v) is 4.09. The van der Waals surface area contributed by atoms with Crippen molar-refractivity contribution in [2.45, 2.75) is 70.6 Å². The maximum Gasteiger partial charge on any atom is 0.0568 e. The SMILES string of the molecule is CCCCCN(C)C1(CN)CC(C)OC(C)C1. The number of hydrogen-bond donors (Lipinski definition) is 1. The molecule has 3 heteroatoms. The fourth-order valence-electron chi connectivity index (χ4n) is 3.12. The molecule has 1 fully saturated rings. The minimum Gasteiger partial charge on any atom is -0.375 e. The second kappa shape index (κ2) is 6.72. The highest BCUT2D eigenvalue weighted by molar-refractivity contribution is 4.96. The van der Waals surface area contributed by atoms with E-state index in [1.807, 2.05) is 0 Å². The van der Waals surface area contributed by atoms with Crippen LogP contribution in [0.1, 0.15) is 52.9 Å². The molecule has 102 valence electrons. The molecule has 0 amide bonds. The summed E-state index contributed by atoms with van der Waals surface area (Å²) in [5, 5.41) is 0. The van der Waals surface area contributed by atoms with E-state index >= 15 is 0 Å². The largest absolute Gasteiger partial charge is 0.375 e. The predicted octanol–water partition coefficient (Wildman–Crippen LogP) is 2.39. The maximum absolute atomic E-state index is 6.07. The standard InChI is InChI=1S/C14H30N2O/c1-5-6-7-8-16(4)14(11-15)9-12(2)17-13(3)10-14/h12-13H,5-11,15H2,1-4H3. The van der Waals surface area contributed by atoms with Crippen LogP contribution < -0.4 is 5.73 Å². The predicted molar refractivity (Wildman–Crippen MR) is 73.2 cm³/mol. The topological polar surface area (TPSA) is 38.5 Å². The Labute approximate surface area is 107 Å². The Bertz CT molecular complexity index is 210. The fraction of sp³-hybridized carbons (Fsp3) is 1.00. The van der Waals surface area contributed by atoms with Gasteiger partial charge in [-0.2, -0.15) is 0 Å². The number of ether oxygens (including phenoxy) is 1. The zero-order valence-corrected chi connectivity index (χ0v) is 12.0. The van der Waals surface area contributed by atoms with Crippen LogP contribution in [-0.2, 0) is 4.74 Å². The molecule has 0 bridgehead atoms. The van der Waals surface area contributed by atoms with Crippen molar-refractivity contribution in [1.82, 2.24) is 4.90 Å². The minimum atomic E-state index is 0.158. The summed E-state index contributed by atoms with van der Waals surface area (Å²) in [6, 6.07) is 0. The number of likely N-dealkylation sites (N-methyl/N-ethyl adjacent to an activating group) is 1. The number of hydrogen-bond acceptors (Lipinski definition) is 3. The van der Waals surface area contributed by atoms with Crippen LogP contribution >= 0.6 is 0 Å². The van der Waals surface area contributed by atoms with Gasteiger partial charge in [-0.05, 0) is 46.7 Å². The molecule has 2 N–H and O–H groups in total. The summed E-state index contributed by atoms with van der Waals surface area (Å²) < 4.78 is 5.84. The van der Waals surface area contributed by atoms with E-state index in [0.717, 1.165) is 25.9 Å². The van der Waals surface area contributed by atoms with Gasteiger partial charge in [0.2, 0.25) is 0 Å². The van der Waals surface area contributed by atoms with Crippen LogP contribution in [-0.4, -0.2) is 42.8 Å². The van der Waals surface area contributed by atoms with Gasteiger partial charge in [-0.15, -0.1) is 0 Å². The fourth-order valence-corrected chi connectivity index (χ4v) is 3.12. The summed E-state index contributed by atoms with van der Waals surface area (Å²) in [6.45, 7) is 8.48. The van der Waals surface area contributed by atoms with Gasteiger partial charge in [-0.25, -0.2) is 0 Å². The average molecular weight is 242 g/mol. The van der Waals surface area contributed by atoms with Crippen molar-refractivity contribution >= 4 is 0 Å². The molecule has 0 radical (unpaired) electrons. The molecule has 1 rings (SSSR count). The van der Waals surface area contributed by atoms with Crippen molar-refractivity contribution in [1.29, 1.82) is 0 Å². The van der Waals surface area contributed by atoms with Gasteiger partial charge in [-0.1, -0.05) is 19.8 Å². The summed E-state index contributed by atoms with van der Waals surface area (Å²) in [5.41, 5.74) is 6.23. The lowest BCUT2D eigenvalue weighted by atomic mass is 9.82. The highest BCUT2D eigenvalue weighted by Gasteiger charge is 2.40. The van der Waals surface area contributed by atoms with E-state index in [4.69, 9.17) is 10.5 Å². The average Bonchev–Trinajstić information content (AvgIpc) is 2.27. The lowest BCUT2D eigenvalue weighted by Crippen LogP contribution is -2.58. The third kappa shape index (κ3) is 3.94. The summed E-state index contributed by atoms with van der Waals surface area (Å²) in [6.07, 6.45) is 6.66. The molecule has 0 spiro atoms. The molecule has 0 aliphatic carbocycles. The summed E-state index contributed by atoms with van der Waals surface area (Å²) in [7, 11) is 2.23. The smallest absolute Gasteiger partial charge is 0.0568 e. The van der Waals surface area contributed by atoms with Crippen molar-refractivity contribution in [2.24, 2.45) is 5.73 Å². The molecule has 0 aromatic carbocycles. The first kappa shape index (κ1) is 14.9. The first-order chi connectivity index (χ1) is 8.04. The molecular weight excluding hydrogens is 212 g/mol. The summed E-state index contributed by atoms with van der Waals surface area (Å²) in [5.74, 6) is 0. The Morgan fingerprint density at radius 1 is 1.24 bits per heavy atom. The Kier molecular flexibility index (Phi) is 5.90. The van der Waals surface area contributed by atoms with Gasteiger partial charge in [0.1, 0.15) is 0 Å². The molecule has 0 saturated carbocycles. The number of nitrogens with two attached hydrogens (primary N) is 1. The Balaban J connectivity index is 2.59. The monoisotopic (exact) mass is 242 g/mol. The van der Waals surface area contributed by atoms with Gasteiger partial charge in [-0.3, -0.25) is 4.90 Å². The maximum atomic E-state index is 6.07. The van der Waals surface area contributed by atoms with Gasteiger partial charge >= 0.3 is 0 Å². The Hall–Kier alpha value is -0.120. The van der Waals surface area contributed by atoms with Gasteiger partial charge in [0, 0.05) is 12.1 Å². The minimum absolute atomic E-state index is 0.158. The van der Waals surface area contributed by atoms with Crippen LogP contribution in [0.25, 0.3) is 0 Å². The second-order valence-corrected chi connectivity index (χ2v) is 5.72. The van der Waals surface area contributed by atoms with Gasteiger partial charge < -0.3 is 10.5 Å². The van der Waals surface area contributed by atoms with Gasteiger partial charge in [0.15, 0.2) is 0 Å². The van der Waals surface area contributed by atoms with E-state index in [9.17, 15) is 0 Å². The van der Waals surface area contributed by atoms with E-state index in [1.165, 1.54) is 19.3 Å². The molecule has 1 saturated heterocycles. The molecule has 2 atom stereocenters. The van der Waals surface area contributed by atoms with Crippen LogP contribution in [0.4, 0.5) is 0 Å². The normalized spacial score (nSPS) is 34.2. The van der Waals surface area contributed by atoms with Crippen molar-refractivity contribution in [3.8, 4) is 0 Å². The van der Waals surface area contributed by atoms with Crippen molar-refractivity contribution in [2.75, 3.05) is 20.1 Å². The zero-order valence-electron chi connectivity index (χ0n) is 12.0. The number of rotatable bonds is 6. The first-order valence-electron chi connectivity index (χ1n) is 7.11. The lowest BCUT2D eigenvalue weighted by molar-refractivity contribution is -0.0976. The molecule has 17 heavy (non-hydrogen) atoms. The molecule has 2 unspecified atom stereocenters. The van der Waals surface area contributed by atoms with Crippen LogP contribution in [0.5, 0.6) is 0 Å². The van der Waals surface area contributed by atoms with Crippen LogP contribution in [0, 0.1) is 0 Å². The molecule has 0 aromatic rings. The number of nitrogens with zero attached hydrogens (tertiary/aromatic N) is 1.